The van der Waals surface area contributed by atoms with Crippen LogP contribution in [0.4, 0.5) is 0 Å². The molecular weight excluding hydrogens is 246 g/mol. The second-order valence-electron chi connectivity index (χ2n) is 5.80. The summed E-state index contributed by atoms with van der Waals surface area (Å²) < 4.78 is 0. The zero-order valence-corrected chi connectivity index (χ0v) is 12.2. The molecule has 0 spiro atoms. The van der Waals surface area contributed by atoms with E-state index < -0.39 is 0 Å². The number of fused-ring (bicyclic) bond motifs is 1. The molecule has 0 amide bonds. The van der Waals surface area contributed by atoms with Crippen LogP contribution in [0.25, 0.3) is 10.8 Å². The molecule has 0 bridgehead atoms. The van der Waals surface area contributed by atoms with Crippen molar-refractivity contribution in [1.29, 1.82) is 0 Å². The zero-order chi connectivity index (χ0) is 13.8. The van der Waals surface area contributed by atoms with Crippen molar-refractivity contribution in [1.82, 2.24) is 15.2 Å². The highest BCUT2D eigenvalue weighted by atomic mass is 15.2. The minimum absolute atomic E-state index is 0.533. The Balaban J connectivity index is 1.61. The summed E-state index contributed by atoms with van der Waals surface area (Å²) in [6, 6.07) is 9.09. The van der Waals surface area contributed by atoms with Crippen LogP contribution in [-0.2, 0) is 6.54 Å². The van der Waals surface area contributed by atoms with Gasteiger partial charge in [0.15, 0.2) is 0 Å². The van der Waals surface area contributed by atoms with Gasteiger partial charge in [0.1, 0.15) is 0 Å². The van der Waals surface area contributed by atoms with Gasteiger partial charge in [-0.15, -0.1) is 0 Å². The van der Waals surface area contributed by atoms with E-state index in [1.54, 1.807) is 0 Å². The maximum atomic E-state index is 4.19. The van der Waals surface area contributed by atoms with Crippen LogP contribution in [0, 0.1) is 0 Å². The Hall–Kier alpha value is -1.45. The number of likely N-dealkylation sites (tertiary alicyclic amines) is 1. The lowest BCUT2D eigenvalue weighted by molar-refractivity contribution is 0.298. The van der Waals surface area contributed by atoms with E-state index in [0.29, 0.717) is 6.04 Å². The average molecular weight is 269 g/mol. The Bertz CT molecular complexity index is 556. The van der Waals surface area contributed by atoms with Crippen LogP contribution in [0.15, 0.2) is 36.7 Å². The lowest BCUT2D eigenvalue weighted by Crippen LogP contribution is -2.37. The fourth-order valence-electron chi connectivity index (χ4n) is 3.05. The largest absolute Gasteiger partial charge is 0.309 e. The maximum absolute atomic E-state index is 4.19. The Morgan fingerprint density at radius 2 is 2.10 bits per heavy atom. The van der Waals surface area contributed by atoms with E-state index in [-0.39, 0.29) is 0 Å². The van der Waals surface area contributed by atoms with E-state index in [9.17, 15) is 0 Å². The molecule has 1 fully saturated rings. The molecule has 1 N–H and O–H groups in total. The van der Waals surface area contributed by atoms with Crippen LogP contribution in [0.2, 0.25) is 0 Å². The monoisotopic (exact) mass is 269 g/mol. The standard InChI is InChI=1S/C17H23N3/c1-14(13-20-9-2-3-10-20)19-12-16-6-4-5-15-11-18-8-7-17(15)16/h4-8,11,14,19H,2-3,9-10,12-13H2,1H3. The molecule has 0 aliphatic carbocycles. The number of rotatable bonds is 5. The summed E-state index contributed by atoms with van der Waals surface area (Å²) in [5.74, 6) is 0. The highest BCUT2D eigenvalue weighted by Gasteiger charge is 2.14. The van der Waals surface area contributed by atoms with Gasteiger partial charge in [-0.25, -0.2) is 0 Å². The van der Waals surface area contributed by atoms with Crippen molar-refractivity contribution in [3.05, 3.63) is 42.2 Å². The van der Waals surface area contributed by atoms with Crippen LogP contribution in [-0.4, -0.2) is 35.6 Å². The van der Waals surface area contributed by atoms with E-state index in [1.807, 2.05) is 12.4 Å². The van der Waals surface area contributed by atoms with Crippen LogP contribution in [0.5, 0.6) is 0 Å². The van der Waals surface area contributed by atoms with E-state index in [4.69, 9.17) is 0 Å². The molecule has 3 rings (SSSR count). The third-order valence-electron chi connectivity index (χ3n) is 4.14. The van der Waals surface area contributed by atoms with E-state index in [0.717, 1.165) is 13.1 Å². The number of nitrogens with one attached hydrogen (secondary N) is 1. The van der Waals surface area contributed by atoms with E-state index >= 15 is 0 Å². The van der Waals surface area contributed by atoms with Gasteiger partial charge in [-0.3, -0.25) is 4.98 Å². The third kappa shape index (κ3) is 3.17. The molecule has 1 aromatic carbocycles. The van der Waals surface area contributed by atoms with Gasteiger partial charge < -0.3 is 10.2 Å². The maximum Gasteiger partial charge on any atom is 0.0346 e. The van der Waals surface area contributed by atoms with Crippen LogP contribution in [0.1, 0.15) is 25.3 Å². The summed E-state index contributed by atoms with van der Waals surface area (Å²) in [5, 5.41) is 6.19. The molecule has 1 aliphatic heterocycles. The van der Waals surface area contributed by atoms with Gasteiger partial charge in [-0.05, 0) is 49.9 Å². The van der Waals surface area contributed by atoms with Crippen molar-refractivity contribution in [2.24, 2.45) is 0 Å². The molecule has 1 saturated heterocycles. The van der Waals surface area contributed by atoms with Gasteiger partial charge in [-0.2, -0.15) is 0 Å². The van der Waals surface area contributed by atoms with Crippen molar-refractivity contribution < 1.29 is 0 Å². The van der Waals surface area contributed by atoms with Crippen LogP contribution < -0.4 is 5.32 Å². The lowest BCUT2D eigenvalue weighted by Gasteiger charge is -2.21. The SMILES string of the molecule is CC(CN1CCCC1)NCc1cccc2cnccc12. The summed E-state index contributed by atoms with van der Waals surface area (Å²) >= 11 is 0. The first-order chi connectivity index (χ1) is 9.83. The predicted octanol–water partition coefficient (Wildman–Crippen LogP) is 2.81. The summed E-state index contributed by atoms with van der Waals surface area (Å²) in [4.78, 5) is 6.75. The van der Waals surface area contributed by atoms with Gasteiger partial charge in [0.25, 0.3) is 0 Å². The Morgan fingerprint density at radius 1 is 1.25 bits per heavy atom. The number of pyridine rings is 1. The molecule has 3 heteroatoms. The number of hydrogen-bond donors (Lipinski definition) is 1. The summed E-state index contributed by atoms with van der Waals surface area (Å²) in [7, 11) is 0. The van der Waals surface area contributed by atoms with Gasteiger partial charge in [0.05, 0.1) is 0 Å². The summed E-state index contributed by atoms with van der Waals surface area (Å²) in [5.41, 5.74) is 1.36. The van der Waals surface area contributed by atoms with Crippen molar-refractivity contribution in [2.45, 2.75) is 32.4 Å². The lowest BCUT2D eigenvalue weighted by atomic mass is 10.1. The van der Waals surface area contributed by atoms with Crippen molar-refractivity contribution in [2.75, 3.05) is 19.6 Å². The van der Waals surface area contributed by atoms with Crippen molar-refractivity contribution in [3.8, 4) is 0 Å². The molecule has 0 saturated carbocycles. The number of aromatic nitrogens is 1. The molecular formula is C17H23N3. The molecule has 1 unspecified atom stereocenters. The number of hydrogen-bond acceptors (Lipinski definition) is 3. The summed E-state index contributed by atoms with van der Waals surface area (Å²) in [6.45, 7) is 6.91. The zero-order valence-electron chi connectivity index (χ0n) is 12.2. The molecule has 1 atom stereocenters. The van der Waals surface area contributed by atoms with Gasteiger partial charge in [-0.1, -0.05) is 18.2 Å². The minimum Gasteiger partial charge on any atom is -0.309 e. The first-order valence-corrected chi connectivity index (χ1v) is 7.60. The molecule has 0 radical (unpaired) electrons. The topological polar surface area (TPSA) is 28.2 Å². The molecule has 1 aromatic heterocycles. The average Bonchev–Trinajstić information content (AvgIpc) is 2.98. The van der Waals surface area contributed by atoms with Gasteiger partial charge >= 0.3 is 0 Å². The van der Waals surface area contributed by atoms with Crippen molar-refractivity contribution >= 4 is 10.8 Å². The minimum atomic E-state index is 0.533. The second kappa shape index (κ2) is 6.33. The highest BCUT2D eigenvalue weighted by Crippen LogP contribution is 2.17. The molecule has 2 heterocycles. The fourth-order valence-corrected chi connectivity index (χ4v) is 3.05. The molecule has 106 valence electrons. The first kappa shape index (κ1) is 13.5. The molecule has 2 aromatic rings. The number of benzene rings is 1. The fraction of sp³-hybridized carbons (Fsp3) is 0.471. The Labute approximate surface area is 121 Å². The van der Waals surface area contributed by atoms with Crippen molar-refractivity contribution in [3.63, 3.8) is 0 Å². The van der Waals surface area contributed by atoms with Crippen LogP contribution >= 0.6 is 0 Å². The smallest absolute Gasteiger partial charge is 0.0346 e. The first-order valence-electron chi connectivity index (χ1n) is 7.60. The predicted molar refractivity (Wildman–Crippen MR) is 83.7 cm³/mol. The third-order valence-corrected chi connectivity index (χ3v) is 4.14. The Morgan fingerprint density at radius 3 is 2.95 bits per heavy atom. The highest BCUT2D eigenvalue weighted by molar-refractivity contribution is 5.84. The van der Waals surface area contributed by atoms with E-state index in [2.05, 4.69) is 46.4 Å². The molecule has 1 aliphatic rings. The molecule has 20 heavy (non-hydrogen) atoms. The quantitative estimate of drug-likeness (QED) is 0.904. The van der Waals surface area contributed by atoms with Gasteiger partial charge in [0.2, 0.25) is 0 Å². The number of nitrogens with zero attached hydrogens (tertiary/aromatic N) is 2. The Kier molecular flexibility index (Phi) is 4.28. The van der Waals surface area contributed by atoms with Crippen LogP contribution in [0.3, 0.4) is 0 Å². The molecule has 3 nitrogen and oxygen atoms in total. The van der Waals surface area contributed by atoms with E-state index in [1.165, 1.54) is 42.3 Å². The van der Waals surface area contributed by atoms with Gasteiger partial charge in [0, 0.05) is 36.9 Å². The normalized spacial score (nSPS) is 17.6. The summed E-state index contributed by atoms with van der Waals surface area (Å²) in [6.07, 6.45) is 6.54. The second-order valence-corrected chi connectivity index (χ2v) is 5.80.